The monoisotopic (exact) mass is 613 g/mol. The van der Waals surface area contributed by atoms with Crippen LogP contribution in [0, 0.1) is 0 Å². The Balaban J connectivity index is 1.38. The van der Waals surface area contributed by atoms with Gasteiger partial charge in [0.05, 0.1) is 17.2 Å². The summed E-state index contributed by atoms with van der Waals surface area (Å²) in [4.78, 5) is 12.3. The van der Waals surface area contributed by atoms with Gasteiger partial charge in [-0.3, -0.25) is 0 Å². The minimum atomic E-state index is -1.84. The molecule has 14 nitrogen and oxygen atoms in total. The third-order valence-corrected chi connectivity index (χ3v) is 6.97. The smallest absolute Gasteiger partial charge is 0.330 e. The lowest BCUT2D eigenvalue weighted by Crippen LogP contribution is -2.59. The number of hydrogen-bond donors (Lipinski definition) is 9. The van der Waals surface area contributed by atoms with Crippen molar-refractivity contribution in [1.29, 1.82) is 0 Å². The molecule has 10 N–H and O–H groups in total. The van der Waals surface area contributed by atoms with Gasteiger partial charge in [-0.2, -0.15) is 0 Å². The summed E-state index contributed by atoms with van der Waals surface area (Å²) in [6, 6.07) is 8.10. The van der Waals surface area contributed by atoms with Crippen molar-refractivity contribution in [2.75, 3.05) is 6.61 Å². The summed E-state index contributed by atoms with van der Waals surface area (Å²) < 4.78 is 21.1. The number of aromatic hydroxyl groups is 4. The quantitative estimate of drug-likeness (QED) is 0.0917. The van der Waals surface area contributed by atoms with E-state index in [9.17, 15) is 50.8 Å². The van der Waals surface area contributed by atoms with Gasteiger partial charge >= 0.3 is 11.7 Å². The first-order valence-electron chi connectivity index (χ1n) is 13.1. The topological polar surface area (TPSA) is 240 Å². The molecule has 2 aromatic rings. The van der Waals surface area contributed by atoms with Gasteiger partial charge in [-0.15, -0.1) is 0 Å². The highest BCUT2D eigenvalue weighted by molar-refractivity contribution is 5.87. The number of ether oxygens (including phenoxy) is 4. The molecule has 2 aromatic carbocycles. The second-order valence-electron chi connectivity index (χ2n) is 10.1. The van der Waals surface area contributed by atoms with Gasteiger partial charge in [-0.25, -0.2) is 4.79 Å². The minimum absolute atomic E-state index is 0.0156. The molecule has 3 aliphatic rings. The second kappa shape index (κ2) is 12.2. The van der Waals surface area contributed by atoms with Crippen LogP contribution in [0.1, 0.15) is 11.1 Å². The molecule has 2 heterocycles. The molecule has 6 atom stereocenters. The Morgan fingerprint density at radius 3 is 2.27 bits per heavy atom. The number of phenolic OH excluding ortho intramolecular Hbond substituents is 4. The van der Waals surface area contributed by atoms with E-state index >= 15 is 0 Å². The Labute approximate surface area is 248 Å². The van der Waals surface area contributed by atoms with E-state index in [2.05, 4.69) is 4.74 Å². The molecule has 2 aliphatic heterocycles. The van der Waals surface area contributed by atoms with Crippen molar-refractivity contribution in [1.82, 2.24) is 0 Å². The van der Waals surface area contributed by atoms with Crippen molar-refractivity contribution >= 4 is 17.8 Å². The maximum atomic E-state index is 12.3. The highest BCUT2D eigenvalue weighted by Crippen LogP contribution is 2.41. The van der Waals surface area contributed by atoms with E-state index in [0.717, 1.165) is 24.3 Å². The first-order valence-corrected chi connectivity index (χ1v) is 13.1. The van der Waals surface area contributed by atoms with Crippen LogP contribution in [0.25, 0.3) is 11.8 Å². The van der Waals surface area contributed by atoms with Gasteiger partial charge in [0.2, 0.25) is 18.2 Å². The molecule has 0 radical (unpaired) electrons. The van der Waals surface area contributed by atoms with E-state index in [1.165, 1.54) is 30.4 Å². The van der Waals surface area contributed by atoms with Gasteiger partial charge in [0.1, 0.15) is 48.3 Å². The van der Waals surface area contributed by atoms with Crippen molar-refractivity contribution in [2.24, 2.45) is 0 Å². The largest absolute Gasteiger partial charge is 0.571 e. The number of hydrogen-bond acceptors (Lipinski definition) is 13. The maximum Gasteiger partial charge on any atom is 0.330 e. The number of esters is 1. The number of rotatable bonds is 7. The molecular formula is C30H29O14+. The van der Waals surface area contributed by atoms with Gasteiger partial charge in [-0.1, -0.05) is 12.1 Å². The Morgan fingerprint density at radius 2 is 1.59 bits per heavy atom. The van der Waals surface area contributed by atoms with Crippen LogP contribution in [0.15, 0.2) is 83.6 Å². The molecule has 0 amide bonds. The lowest BCUT2D eigenvalue weighted by Gasteiger charge is -2.40. The molecule has 0 spiro atoms. The number of carbonyl (C=O) groups excluding carboxylic acids is 1. The zero-order chi connectivity index (χ0) is 31.7. The van der Waals surface area contributed by atoms with Crippen molar-refractivity contribution in [3.8, 4) is 23.0 Å². The normalized spacial score (nSPS) is 26.7. The minimum Gasteiger partial charge on any atom is -0.571 e. The summed E-state index contributed by atoms with van der Waals surface area (Å²) in [6.45, 7) is -0.559. The average Bonchev–Trinajstić information content (AvgIpc) is 2.98. The molecule has 0 bridgehead atoms. The third kappa shape index (κ3) is 6.28. The molecule has 14 heteroatoms. The van der Waals surface area contributed by atoms with Crippen molar-refractivity contribution in [3.05, 3.63) is 94.7 Å². The van der Waals surface area contributed by atoms with E-state index in [4.69, 9.17) is 14.2 Å². The highest BCUT2D eigenvalue weighted by atomic mass is 16.7. The van der Waals surface area contributed by atoms with E-state index in [1.54, 1.807) is 12.1 Å². The predicted octanol–water partition coefficient (Wildman–Crippen LogP) is 0.992. The first kappa shape index (κ1) is 30.3. The van der Waals surface area contributed by atoms with Crippen LogP contribution in [0.5, 0.6) is 23.0 Å². The van der Waals surface area contributed by atoms with Crippen molar-refractivity contribution < 1.29 is 69.7 Å². The van der Waals surface area contributed by atoms with Crippen LogP contribution in [0.3, 0.4) is 0 Å². The number of fused-ring (bicyclic) bond motifs is 1. The standard InChI is InChI=1S/C30H28O14/c31-15-4-1-13(2-5-15)3-6-24(36)41-12-23-26(38)27(39)28(40)30(44-23)43-22-11-17-18(33)9-16(32)10-21(17)42-29(22)14-7-19(34)25(37)20(35)8-14/h1-11,21,23,26-28,30-35,37-40H,12H2/p+1. The zero-order valence-corrected chi connectivity index (χ0v) is 22.6. The molecule has 1 fully saturated rings. The van der Waals surface area contributed by atoms with Crippen molar-refractivity contribution in [2.45, 2.75) is 36.8 Å². The molecule has 1 aliphatic carbocycles. The van der Waals surface area contributed by atoms with Gasteiger partial charge in [0.15, 0.2) is 17.2 Å². The lowest BCUT2D eigenvalue weighted by atomic mass is 9.96. The van der Waals surface area contributed by atoms with Crippen molar-refractivity contribution in [3.63, 3.8) is 0 Å². The Hall–Kier alpha value is -5.15. The van der Waals surface area contributed by atoms with Crippen LogP contribution in [-0.2, 0) is 19.0 Å². The average molecular weight is 614 g/mol. The molecule has 6 unspecified atom stereocenters. The summed E-state index contributed by atoms with van der Waals surface area (Å²) in [5.74, 6) is -3.88. The second-order valence-corrected chi connectivity index (χ2v) is 10.1. The lowest BCUT2D eigenvalue weighted by molar-refractivity contribution is -0.291. The Morgan fingerprint density at radius 1 is 0.909 bits per heavy atom. The molecular weight excluding hydrogens is 584 g/mol. The Kier molecular flexibility index (Phi) is 8.42. The van der Waals surface area contributed by atoms with Gasteiger partial charge in [0.25, 0.3) is 0 Å². The summed E-state index contributed by atoms with van der Waals surface area (Å²) in [5.41, 5.74) is 0.770. The number of phenols is 4. The summed E-state index contributed by atoms with van der Waals surface area (Å²) in [6.07, 6.45) is -3.19. The van der Waals surface area contributed by atoms with E-state index < -0.39 is 66.6 Å². The molecule has 0 saturated carbocycles. The summed E-state index contributed by atoms with van der Waals surface area (Å²) >= 11 is 0. The summed E-state index contributed by atoms with van der Waals surface area (Å²) in [7, 11) is 0. The van der Waals surface area contributed by atoms with Gasteiger partial charge in [0, 0.05) is 30.4 Å². The molecule has 44 heavy (non-hydrogen) atoms. The number of aliphatic hydroxyl groups is 7. The first-order chi connectivity index (χ1) is 20.9. The molecule has 232 valence electrons. The van der Waals surface area contributed by atoms with Gasteiger partial charge < -0.3 is 64.9 Å². The maximum absolute atomic E-state index is 12.3. The molecule has 0 aromatic heterocycles. The predicted molar refractivity (Wildman–Crippen MR) is 150 cm³/mol. The zero-order valence-electron chi connectivity index (χ0n) is 22.6. The Bertz CT molecular complexity index is 1560. The fraction of sp³-hybridized carbons (Fsp3) is 0.233. The fourth-order valence-electron chi connectivity index (χ4n) is 4.64. The molecule has 1 saturated heterocycles. The highest BCUT2D eigenvalue weighted by Gasteiger charge is 2.47. The number of carbonyl (C=O) groups is 1. The number of benzene rings is 2. The summed E-state index contributed by atoms with van der Waals surface area (Å²) in [5, 5.41) is 91.4. The van der Waals surface area contributed by atoms with Crippen LogP contribution in [0.2, 0.25) is 0 Å². The number of allylic oxidation sites excluding steroid dienone is 2. The third-order valence-electron chi connectivity index (χ3n) is 6.97. The van der Waals surface area contributed by atoms with E-state index in [-0.39, 0.29) is 39.9 Å². The SMILES string of the molecule is O=C(C=Cc1ccc(O)cc1)OCC1OC(OC2=C(c3cc(O)c(O)c(O)c3)[OH+]C3C=C(O)C=C(O)C3=C2)C(O)C(O)C1O. The molecule has 5 rings (SSSR count). The van der Waals surface area contributed by atoms with Gasteiger partial charge in [-0.05, 0) is 23.8 Å². The van der Waals surface area contributed by atoms with Crippen LogP contribution in [0.4, 0.5) is 0 Å². The fourth-order valence-corrected chi connectivity index (χ4v) is 4.64. The van der Waals surface area contributed by atoms with E-state index in [1.807, 2.05) is 0 Å². The van der Waals surface area contributed by atoms with Crippen LogP contribution < -0.4 is 0 Å². The number of aliphatic hydroxyl groups excluding tert-OH is 5. The van der Waals surface area contributed by atoms with Crippen LogP contribution in [-0.4, -0.2) is 100 Å². The van der Waals surface area contributed by atoms with E-state index in [0.29, 0.717) is 5.56 Å². The van der Waals surface area contributed by atoms with Crippen LogP contribution >= 0.6 is 0 Å².